The molecule has 1 unspecified atom stereocenters. The van der Waals surface area contributed by atoms with Gasteiger partial charge in [-0.2, -0.15) is 0 Å². The van der Waals surface area contributed by atoms with Crippen molar-refractivity contribution in [1.29, 1.82) is 0 Å². The van der Waals surface area contributed by atoms with Crippen molar-refractivity contribution in [2.24, 2.45) is 5.92 Å². The molecule has 0 aliphatic carbocycles. The number of rotatable bonds is 6. The lowest BCUT2D eigenvalue weighted by atomic mass is 10.0. The first kappa shape index (κ1) is 13.6. The summed E-state index contributed by atoms with van der Waals surface area (Å²) in [6.45, 7) is 9.26. The average Bonchev–Trinajstić information content (AvgIpc) is 2.94. The van der Waals surface area contributed by atoms with Gasteiger partial charge in [0.25, 0.3) is 0 Å². The Labute approximate surface area is 109 Å². The smallest absolute Gasteiger partial charge is 0.195 e. The minimum atomic E-state index is -0.253. The quantitative estimate of drug-likeness (QED) is 0.790. The van der Waals surface area contributed by atoms with Crippen molar-refractivity contribution in [3.05, 3.63) is 17.8 Å². The van der Waals surface area contributed by atoms with Gasteiger partial charge >= 0.3 is 0 Å². The van der Waals surface area contributed by atoms with Crippen molar-refractivity contribution in [1.82, 2.24) is 10.3 Å². The molecule has 102 valence electrons. The van der Waals surface area contributed by atoms with E-state index in [1.165, 1.54) is 0 Å². The van der Waals surface area contributed by atoms with Crippen LogP contribution in [0.3, 0.4) is 0 Å². The Morgan fingerprint density at radius 1 is 1.50 bits per heavy atom. The fourth-order valence-electron chi connectivity index (χ4n) is 2.23. The molecule has 1 N–H and O–H groups in total. The van der Waals surface area contributed by atoms with Gasteiger partial charge < -0.3 is 14.5 Å². The van der Waals surface area contributed by atoms with E-state index >= 15 is 0 Å². The zero-order chi connectivity index (χ0) is 13.0. The molecule has 0 radical (unpaired) electrons. The van der Waals surface area contributed by atoms with E-state index in [0.29, 0.717) is 5.92 Å². The molecule has 1 atom stereocenters. The first-order chi connectivity index (χ1) is 8.60. The van der Waals surface area contributed by atoms with E-state index in [1.807, 2.05) is 6.20 Å². The molecule has 0 bridgehead atoms. The fraction of sp³-hybridized carbons (Fsp3) is 0.786. The molecule has 1 aliphatic heterocycles. The summed E-state index contributed by atoms with van der Waals surface area (Å²) >= 11 is 0. The van der Waals surface area contributed by atoms with Crippen LogP contribution in [0.5, 0.6) is 0 Å². The van der Waals surface area contributed by atoms with Crippen LogP contribution in [0.25, 0.3) is 0 Å². The molecule has 4 heteroatoms. The summed E-state index contributed by atoms with van der Waals surface area (Å²) in [6.07, 6.45) is 4.78. The summed E-state index contributed by atoms with van der Waals surface area (Å²) in [5.41, 5.74) is -0.253. The molecule has 18 heavy (non-hydrogen) atoms. The minimum Gasteiger partial charge on any atom is -0.443 e. The standard InChI is InChI=1S/C14H24N2O2/c1-11(2)9-15-7-5-13-16-10-12(18-13)14(3)6-4-8-17-14/h10-11,15H,4-9H2,1-3H3. The van der Waals surface area contributed by atoms with Gasteiger partial charge in [-0.25, -0.2) is 4.98 Å². The SMILES string of the molecule is CC(C)CNCCc1ncc(C2(C)CCCO2)o1. The third kappa shape index (κ3) is 3.33. The van der Waals surface area contributed by atoms with Crippen molar-refractivity contribution in [2.75, 3.05) is 19.7 Å². The van der Waals surface area contributed by atoms with E-state index in [2.05, 4.69) is 31.1 Å². The van der Waals surface area contributed by atoms with Gasteiger partial charge in [0, 0.05) is 19.6 Å². The largest absolute Gasteiger partial charge is 0.443 e. The Morgan fingerprint density at radius 3 is 3.00 bits per heavy atom. The summed E-state index contributed by atoms with van der Waals surface area (Å²) < 4.78 is 11.5. The van der Waals surface area contributed by atoms with Crippen molar-refractivity contribution in [2.45, 2.75) is 45.6 Å². The third-order valence-electron chi connectivity index (χ3n) is 3.36. The molecule has 1 aromatic heterocycles. The minimum absolute atomic E-state index is 0.253. The van der Waals surface area contributed by atoms with Crippen LogP contribution in [-0.2, 0) is 16.8 Å². The van der Waals surface area contributed by atoms with Crippen molar-refractivity contribution >= 4 is 0 Å². The second kappa shape index (κ2) is 5.85. The Bertz CT molecular complexity index is 368. The zero-order valence-electron chi connectivity index (χ0n) is 11.7. The van der Waals surface area contributed by atoms with E-state index in [-0.39, 0.29) is 5.60 Å². The van der Waals surface area contributed by atoms with E-state index < -0.39 is 0 Å². The molecule has 0 aromatic carbocycles. The van der Waals surface area contributed by atoms with Gasteiger partial charge in [-0.05, 0) is 32.2 Å². The van der Waals surface area contributed by atoms with Crippen LogP contribution in [0.4, 0.5) is 0 Å². The molecule has 1 aliphatic rings. The topological polar surface area (TPSA) is 47.3 Å². The van der Waals surface area contributed by atoms with E-state index in [1.54, 1.807) is 0 Å². The van der Waals surface area contributed by atoms with Gasteiger partial charge in [-0.3, -0.25) is 0 Å². The molecule has 1 aromatic rings. The van der Waals surface area contributed by atoms with Gasteiger partial charge in [-0.1, -0.05) is 13.8 Å². The van der Waals surface area contributed by atoms with Crippen LogP contribution in [0.1, 0.15) is 45.3 Å². The van der Waals surface area contributed by atoms with Gasteiger partial charge in [0.2, 0.25) is 0 Å². The van der Waals surface area contributed by atoms with Crippen LogP contribution in [-0.4, -0.2) is 24.7 Å². The van der Waals surface area contributed by atoms with Gasteiger partial charge in [0.05, 0.1) is 6.20 Å². The first-order valence-electron chi connectivity index (χ1n) is 6.90. The van der Waals surface area contributed by atoms with Crippen molar-refractivity contribution in [3.8, 4) is 0 Å². The second-order valence-electron chi connectivity index (χ2n) is 5.65. The fourth-order valence-corrected chi connectivity index (χ4v) is 2.23. The lowest BCUT2D eigenvalue weighted by Crippen LogP contribution is -2.22. The molecule has 1 saturated heterocycles. The summed E-state index contributed by atoms with van der Waals surface area (Å²) in [6, 6.07) is 0. The average molecular weight is 252 g/mol. The second-order valence-corrected chi connectivity index (χ2v) is 5.65. The number of nitrogens with one attached hydrogen (secondary N) is 1. The highest BCUT2D eigenvalue weighted by molar-refractivity contribution is 5.07. The van der Waals surface area contributed by atoms with E-state index in [4.69, 9.17) is 9.15 Å². The summed E-state index contributed by atoms with van der Waals surface area (Å²) in [4.78, 5) is 4.34. The Morgan fingerprint density at radius 2 is 2.33 bits per heavy atom. The highest BCUT2D eigenvalue weighted by Gasteiger charge is 2.35. The number of oxazole rings is 1. The van der Waals surface area contributed by atoms with Crippen molar-refractivity contribution < 1.29 is 9.15 Å². The van der Waals surface area contributed by atoms with Crippen LogP contribution in [0, 0.1) is 5.92 Å². The summed E-state index contributed by atoms with van der Waals surface area (Å²) in [5, 5.41) is 3.39. The van der Waals surface area contributed by atoms with Gasteiger partial charge in [0.15, 0.2) is 11.7 Å². The summed E-state index contributed by atoms with van der Waals surface area (Å²) in [7, 11) is 0. The molecule has 2 heterocycles. The van der Waals surface area contributed by atoms with Crippen LogP contribution in [0.2, 0.25) is 0 Å². The van der Waals surface area contributed by atoms with Crippen LogP contribution >= 0.6 is 0 Å². The predicted molar refractivity (Wildman–Crippen MR) is 70.5 cm³/mol. The number of ether oxygens (including phenoxy) is 1. The summed E-state index contributed by atoms with van der Waals surface area (Å²) in [5.74, 6) is 2.35. The number of nitrogens with zero attached hydrogens (tertiary/aromatic N) is 1. The first-order valence-corrected chi connectivity index (χ1v) is 6.90. The molecule has 0 amide bonds. The molecule has 0 spiro atoms. The lowest BCUT2D eigenvalue weighted by Gasteiger charge is -2.19. The molecular weight excluding hydrogens is 228 g/mol. The number of hydrogen-bond donors (Lipinski definition) is 1. The lowest BCUT2D eigenvalue weighted by molar-refractivity contribution is -0.00163. The van der Waals surface area contributed by atoms with E-state index in [0.717, 1.165) is 50.6 Å². The number of aromatic nitrogens is 1. The van der Waals surface area contributed by atoms with Crippen LogP contribution in [0.15, 0.2) is 10.6 Å². The molecule has 0 saturated carbocycles. The number of hydrogen-bond acceptors (Lipinski definition) is 4. The highest BCUT2D eigenvalue weighted by Crippen LogP contribution is 2.35. The third-order valence-corrected chi connectivity index (χ3v) is 3.36. The Kier molecular flexibility index (Phi) is 4.40. The van der Waals surface area contributed by atoms with E-state index in [9.17, 15) is 0 Å². The van der Waals surface area contributed by atoms with Gasteiger partial charge in [-0.15, -0.1) is 0 Å². The van der Waals surface area contributed by atoms with Gasteiger partial charge in [0.1, 0.15) is 5.60 Å². The highest BCUT2D eigenvalue weighted by atomic mass is 16.5. The Hall–Kier alpha value is -0.870. The molecule has 4 nitrogen and oxygen atoms in total. The monoisotopic (exact) mass is 252 g/mol. The van der Waals surface area contributed by atoms with Crippen molar-refractivity contribution in [3.63, 3.8) is 0 Å². The molecule has 1 fully saturated rings. The predicted octanol–water partition coefficient (Wildman–Crippen LogP) is 2.49. The maximum atomic E-state index is 5.80. The normalized spacial score (nSPS) is 24.0. The van der Waals surface area contributed by atoms with Crippen LogP contribution < -0.4 is 5.32 Å². The maximum absolute atomic E-state index is 5.80. The Balaban J connectivity index is 1.83. The zero-order valence-corrected chi connectivity index (χ0v) is 11.7. The molecule has 2 rings (SSSR count). The molecular formula is C14H24N2O2. The maximum Gasteiger partial charge on any atom is 0.195 e.